The molecule has 18 heavy (non-hydrogen) atoms. The van der Waals surface area contributed by atoms with Crippen LogP contribution in [0, 0.1) is 17.8 Å². The van der Waals surface area contributed by atoms with Gasteiger partial charge >= 0.3 is 0 Å². The summed E-state index contributed by atoms with van der Waals surface area (Å²) in [6.07, 6.45) is 8.60. The van der Waals surface area contributed by atoms with Gasteiger partial charge in [-0.3, -0.25) is 5.10 Å². The fourth-order valence-electron chi connectivity index (χ4n) is 5.27. The zero-order valence-electron chi connectivity index (χ0n) is 11.2. The Morgan fingerprint density at radius 3 is 2.22 bits per heavy atom. The van der Waals surface area contributed by atoms with Crippen molar-refractivity contribution in [2.45, 2.75) is 56.9 Å². The Kier molecular flexibility index (Phi) is 2.20. The first-order chi connectivity index (χ1) is 8.64. The fourth-order valence-corrected chi connectivity index (χ4v) is 5.27. The second-order valence-electron chi connectivity index (χ2n) is 7.20. The van der Waals surface area contributed by atoms with Gasteiger partial charge in [0.25, 0.3) is 0 Å². The normalized spacial score (nSPS) is 43.3. The highest BCUT2D eigenvalue weighted by Crippen LogP contribution is 2.60. The van der Waals surface area contributed by atoms with E-state index in [0.29, 0.717) is 5.41 Å². The Balaban J connectivity index is 1.70. The van der Waals surface area contributed by atoms with Crippen molar-refractivity contribution in [1.29, 1.82) is 0 Å². The van der Waals surface area contributed by atoms with E-state index in [0.717, 1.165) is 23.4 Å². The lowest BCUT2D eigenvalue weighted by Gasteiger charge is -2.56. The van der Waals surface area contributed by atoms with Gasteiger partial charge in [-0.1, -0.05) is 0 Å². The summed E-state index contributed by atoms with van der Waals surface area (Å²) in [4.78, 5) is 0. The number of nitrogens with two attached hydrogens (primary N) is 1. The first-order valence-electron chi connectivity index (χ1n) is 7.46. The second-order valence-corrected chi connectivity index (χ2v) is 7.20. The highest BCUT2D eigenvalue weighted by molar-refractivity contribution is 5.25. The van der Waals surface area contributed by atoms with E-state index in [4.69, 9.17) is 5.73 Å². The molecule has 0 saturated heterocycles. The SMILES string of the molecule is CC(N)c1cc(C23CC4CC(CC(C4)C2)C3)n[nH]1. The molecule has 0 aliphatic heterocycles. The van der Waals surface area contributed by atoms with Crippen molar-refractivity contribution >= 4 is 0 Å². The summed E-state index contributed by atoms with van der Waals surface area (Å²) in [5.74, 6) is 2.94. The quantitative estimate of drug-likeness (QED) is 0.841. The molecule has 3 nitrogen and oxygen atoms in total. The third-order valence-electron chi connectivity index (χ3n) is 5.67. The summed E-state index contributed by atoms with van der Waals surface area (Å²) in [6.45, 7) is 2.02. The molecule has 4 bridgehead atoms. The number of aromatic amines is 1. The average Bonchev–Trinajstić information content (AvgIpc) is 2.76. The van der Waals surface area contributed by atoms with Gasteiger partial charge in [-0.25, -0.2) is 0 Å². The van der Waals surface area contributed by atoms with Crippen LogP contribution in [-0.4, -0.2) is 10.2 Å². The first kappa shape index (κ1) is 11.0. The largest absolute Gasteiger partial charge is 0.323 e. The van der Waals surface area contributed by atoms with Gasteiger partial charge in [0.2, 0.25) is 0 Å². The molecule has 4 aliphatic rings. The van der Waals surface area contributed by atoms with Gasteiger partial charge in [0.15, 0.2) is 0 Å². The molecular formula is C15H23N3. The molecule has 1 atom stereocenters. The zero-order valence-corrected chi connectivity index (χ0v) is 11.2. The van der Waals surface area contributed by atoms with Crippen LogP contribution in [0.3, 0.4) is 0 Å². The van der Waals surface area contributed by atoms with E-state index in [1.165, 1.54) is 44.2 Å². The van der Waals surface area contributed by atoms with Crippen LogP contribution < -0.4 is 5.73 Å². The van der Waals surface area contributed by atoms with Crippen molar-refractivity contribution in [3.8, 4) is 0 Å². The summed E-state index contributed by atoms with van der Waals surface area (Å²) in [6, 6.07) is 2.32. The molecule has 98 valence electrons. The number of nitrogens with one attached hydrogen (secondary N) is 1. The molecule has 4 aliphatic carbocycles. The van der Waals surface area contributed by atoms with E-state index < -0.39 is 0 Å². The van der Waals surface area contributed by atoms with Crippen LogP contribution in [0.25, 0.3) is 0 Å². The maximum Gasteiger partial charge on any atom is 0.0687 e. The third kappa shape index (κ3) is 1.49. The molecular weight excluding hydrogens is 222 g/mol. The minimum absolute atomic E-state index is 0.0696. The van der Waals surface area contributed by atoms with Crippen molar-refractivity contribution < 1.29 is 0 Å². The van der Waals surface area contributed by atoms with Crippen LogP contribution >= 0.6 is 0 Å². The average molecular weight is 245 g/mol. The molecule has 3 heteroatoms. The van der Waals surface area contributed by atoms with Gasteiger partial charge in [-0.15, -0.1) is 0 Å². The maximum atomic E-state index is 5.95. The number of rotatable bonds is 2. The zero-order chi connectivity index (χ0) is 12.3. The van der Waals surface area contributed by atoms with E-state index in [2.05, 4.69) is 16.3 Å². The summed E-state index contributed by atoms with van der Waals surface area (Å²) in [7, 11) is 0. The Hall–Kier alpha value is -0.830. The lowest BCUT2D eigenvalue weighted by atomic mass is 9.49. The molecule has 1 unspecified atom stereocenters. The van der Waals surface area contributed by atoms with E-state index in [1.807, 2.05) is 6.92 Å². The van der Waals surface area contributed by atoms with Crippen LogP contribution in [0.4, 0.5) is 0 Å². The molecule has 0 radical (unpaired) electrons. The molecule has 3 N–H and O–H groups in total. The van der Waals surface area contributed by atoms with Crippen molar-refractivity contribution in [2.24, 2.45) is 23.5 Å². The van der Waals surface area contributed by atoms with Gasteiger partial charge in [0, 0.05) is 11.5 Å². The molecule has 1 heterocycles. The Labute approximate surface area is 109 Å². The summed E-state index contributed by atoms with van der Waals surface area (Å²) in [5.41, 5.74) is 8.76. The summed E-state index contributed by atoms with van der Waals surface area (Å²) < 4.78 is 0. The van der Waals surface area contributed by atoms with Gasteiger partial charge in [-0.05, 0) is 69.3 Å². The van der Waals surface area contributed by atoms with Crippen LogP contribution in [0.5, 0.6) is 0 Å². The van der Waals surface area contributed by atoms with E-state index in [1.54, 1.807) is 0 Å². The van der Waals surface area contributed by atoms with E-state index in [9.17, 15) is 0 Å². The Bertz CT molecular complexity index is 425. The monoisotopic (exact) mass is 245 g/mol. The number of H-pyrrole nitrogens is 1. The highest BCUT2D eigenvalue weighted by Gasteiger charge is 2.52. The van der Waals surface area contributed by atoms with Crippen LogP contribution in [0.15, 0.2) is 6.07 Å². The summed E-state index contributed by atoms with van der Waals surface area (Å²) in [5, 5.41) is 7.78. The molecule has 0 spiro atoms. The first-order valence-corrected chi connectivity index (χ1v) is 7.46. The van der Waals surface area contributed by atoms with Gasteiger partial charge in [-0.2, -0.15) is 5.10 Å². The van der Waals surface area contributed by atoms with Crippen molar-refractivity contribution in [1.82, 2.24) is 10.2 Å². The van der Waals surface area contributed by atoms with Crippen molar-refractivity contribution in [3.05, 3.63) is 17.5 Å². The lowest BCUT2D eigenvalue weighted by Crippen LogP contribution is -2.48. The van der Waals surface area contributed by atoms with E-state index >= 15 is 0 Å². The lowest BCUT2D eigenvalue weighted by molar-refractivity contribution is -0.00722. The molecule has 1 aromatic heterocycles. The molecule has 0 aromatic carbocycles. The smallest absolute Gasteiger partial charge is 0.0687 e. The van der Waals surface area contributed by atoms with Crippen molar-refractivity contribution in [3.63, 3.8) is 0 Å². The van der Waals surface area contributed by atoms with Gasteiger partial charge in [0.1, 0.15) is 0 Å². The van der Waals surface area contributed by atoms with Gasteiger partial charge < -0.3 is 5.73 Å². The predicted molar refractivity (Wildman–Crippen MR) is 71.0 cm³/mol. The number of hydrogen-bond acceptors (Lipinski definition) is 2. The second kappa shape index (κ2) is 3.60. The topological polar surface area (TPSA) is 54.7 Å². The number of nitrogens with zero attached hydrogens (tertiary/aromatic N) is 1. The fraction of sp³-hybridized carbons (Fsp3) is 0.800. The Morgan fingerprint density at radius 1 is 1.22 bits per heavy atom. The van der Waals surface area contributed by atoms with Gasteiger partial charge in [0.05, 0.1) is 11.4 Å². The predicted octanol–water partition coefficient (Wildman–Crippen LogP) is 2.90. The molecule has 4 fully saturated rings. The van der Waals surface area contributed by atoms with Crippen LogP contribution in [0.2, 0.25) is 0 Å². The molecule has 0 amide bonds. The van der Waals surface area contributed by atoms with E-state index in [-0.39, 0.29) is 6.04 Å². The minimum Gasteiger partial charge on any atom is -0.323 e. The molecule has 1 aromatic rings. The highest BCUT2D eigenvalue weighted by atomic mass is 15.1. The van der Waals surface area contributed by atoms with Crippen LogP contribution in [0.1, 0.15) is 62.9 Å². The van der Waals surface area contributed by atoms with Crippen molar-refractivity contribution in [2.75, 3.05) is 0 Å². The minimum atomic E-state index is 0.0696. The molecule has 4 saturated carbocycles. The Morgan fingerprint density at radius 2 is 1.78 bits per heavy atom. The third-order valence-corrected chi connectivity index (χ3v) is 5.67. The summed E-state index contributed by atoms with van der Waals surface area (Å²) >= 11 is 0. The van der Waals surface area contributed by atoms with Crippen LogP contribution in [-0.2, 0) is 5.41 Å². The number of aromatic nitrogens is 2. The molecule has 5 rings (SSSR count). The standard InChI is InChI=1S/C15H23N3/c1-9(16)13-5-14(18-17-13)15-6-10-2-11(7-15)4-12(3-10)8-15/h5,9-12H,2-4,6-8,16H2,1H3,(H,17,18). The number of hydrogen-bond donors (Lipinski definition) is 2. The maximum absolute atomic E-state index is 5.95.